The minimum absolute atomic E-state index is 0.00584. The van der Waals surface area contributed by atoms with Gasteiger partial charge in [0.2, 0.25) is 0 Å². The fourth-order valence-electron chi connectivity index (χ4n) is 3.94. The highest BCUT2D eigenvalue weighted by Crippen LogP contribution is 2.55. The Morgan fingerprint density at radius 1 is 1.10 bits per heavy atom. The van der Waals surface area contributed by atoms with Crippen molar-refractivity contribution in [2.24, 2.45) is 0 Å². The average Bonchev–Trinajstić information content (AvgIpc) is 3.40. The van der Waals surface area contributed by atoms with E-state index in [1.165, 1.54) is 20.8 Å². The van der Waals surface area contributed by atoms with Crippen molar-refractivity contribution in [3.63, 3.8) is 0 Å². The molecule has 1 aromatic heterocycles. The summed E-state index contributed by atoms with van der Waals surface area (Å²) in [6.45, 7) is 3.50. The third-order valence-corrected chi connectivity index (χ3v) is 8.39. The lowest BCUT2D eigenvalue weighted by Crippen LogP contribution is -2.51. The van der Waals surface area contributed by atoms with Gasteiger partial charge in [-0.25, -0.2) is 9.37 Å². The standard InChI is InChI=1S/C24H24Cl2F7N3O3S/c1-20(2,39)9-34-17(37)18-35-15(19(38)36-8-7-21(3,27)10-36)16(40-18)11-5-6-12(14(26)13(11)25)22(4,23(28,29)30)24(31,32)33/h5-6,39H,7-10H2,1-4H3,(H,34,37)/t21-/m1/s1. The lowest BCUT2D eigenvalue weighted by molar-refractivity contribution is -0.297. The lowest BCUT2D eigenvalue weighted by atomic mass is 9.80. The van der Waals surface area contributed by atoms with E-state index < -0.39 is 62.2 Å². The Balaban J connectivity index is 2.18. The number of halogens is 9. The highest BCUT2D eigenvalue weighted by molar-refractivity contribution is 7.17. The molecule has 16 heteroatoms. The van der Waals surface area contributed by atoms with Crippen LogP contribution >= 0.6 is 34.5 Å². The van der Waals surface area contributed by atoms with Crippen LogP contribution in [0.15, 0.2) is 12.1 Å². The Kier molecular flexibility index (Phi) is 8.57. The summed E-state index contributed by atoms with van der Waals surface area (Å²) in [5.41, 5.74) is -9.44. The molecule has 1 aromatic carbocycles. The molecular weight excluding hydrogens is 614 g/mol. The Bertz CT molecular complexity index is 1310. The average molecular weight is 638 g/mol. The molecule has 40 heavy (non-hydrogen) atoms. The van der Waals surface area contributed by atoms with E-state index in [-0.39, 0.29) is 48.4 Å². The van der Waals surface area contributed by atoms with Crippen LogP contribution in [0.25, 0.3) is 10.4 Å². The molecule has 0 bridgehead atoms. The first-order chi connectivity index (χ1) is 18.0. The van der Waals surface area contributed by atoms with Crippen LogP contribution in [0.2, 0.25) is 10.0 Å². The van der Waals surface area contributed by atoms with E-state index in [2.05, 4.69) is 10.3 Å². The van der Waals surface area contributed by atoms with Crippen LogP contribution in [0.1, 0.15) is 60.0 Å². The zero-order chi connectivity index (χ0) is 30.6. The molecule has 1 aliphatic rings. The predicted octanol–water partition coefficient (Wildman–Crippen LogP) is 6.57. The van der Waals surface area contributed by atoms with Gasteiger partial charge in [-0.15, -0.1) is 11.3 Å². The van der Waals surface area contributed by atoms with Gasteiger partial charge in [-0.1, -0.05) is 35.3 Å². The number of alkyl halides is 7. The Morgan fingerprint density at radius 2 is 1.68 bits per heavy atom. The van der Waals surface area contributed by atoms with Gasteiger partial charge in [0, 0.05) is 25.1 Å². The van der Waals surface area contributed by atoms with Gasteiger partial charge in [-0.2, -0.15) is 26.3 Å². The van der Waals surface area contributed by atoms with Crippen LogP contribution in [0.3, 0.4) is 0 Å². The van der Waals surface area contributed by atoms with E-state index >= 15 is 0 Å². The second-order valence-corrected chi connectivity index (χ2v) is 12.2. The lowest BCUT2D eigenvalue weighted by Gasteiger charge is -2.35. The topological polar surface area (TPSA) is 82.5 Å². The van der Waals surface area contributed by atoms with E-state index in [1.54, 1.807) is 0 Å². The van der Waals surface area contributed by atoms with E-state index in [9.17, 15) is 45.4 Å². The molecule has 2 heterocycles. The van der Waals surface area contributed by atoms with Gasteiger partial charge in [-0.3, -0.25) is 9.59 Å². The van der Waals surface area contributed by atoms with E-state index in [0.717, 1.165) is 11.0 Å². The molecule has 2 amide bonds. The van der Waals surface area contributed by atoms with Gasteiger partial charge >= 0.3 is 12.4 Å². The number of amides is 2. The quantitative estimate of drug-likeness (QED) is 0.351. The largest absolute Gasteiger partial charge is 0.406 e. The fraction of sp³-hybridized carbons (Fsp3) is 0.542. The Labute approximate surface area is 238 Å². The minimum Gasteiger partial charge on any atom is -0.389 e. The summed E-state index contributed by atoms with van der Waals surface area (Å²) in [4.78, 5) is 31.0. The number of aromatic nitrogens is 1. The number of thiazole rings is 1. The normalized spacial score (nSPS) is 18.8. The molecule has 2 N–H and O–H groups in total. The second-order valence-electron chi connectivity index (χ2n) is 10.5. The van der Waals surface area contributed by atoms with Crippen molar-refractivity contribution >= 4 is 46.4 Å². The van der Waals surface area contributed by atoms with Crippen LogP contribution in [-0.2, 0) is 5.41 Å². The van der Waals surface area contributed by atoms with Crippen molar-refractivity contribution in [3.8, 4) is 10.4 Å². The van der Waals surface area contributed by atoms with Crippen LogP contribution in [0, 0.1) is 0 Å². The molecule has 6 nitrogen and oxygen atoms in total. The number of aliphatic hydroxyl groups is 1. The second kappa shape index (κ2) is 10.6. The monoisotopic (exact) mass is 637 g/mol. The zero-order valence-electron chi connectivity index (χ0n) is 21.5. The Hall–Kier alpha value is -2.16. The van der Waals surface area contributed by atoms with Gasteiger partial charge in [0.05, 0.1) is 27.1 Å². The number of hydrogen-bond donors (Lipinski definition) is 2. The fourth-order valence-corrected chi connectivity index (χ4v) is 5.62. The number of benzene rings is 1. The first-order valence-corrected chi connectivity index (χ1v) is 13.2. The highest BCUT2D eigenvalue weighted by Gasteiger charge is 2.69. The number of nitrogens with one attached hydrogen (secondary N) is 1. The van der Waals surface area contributed by atoms with Crippen LogP contribution < -0.4 is 5.32 Å². The number of carbonyl (C=O) groups is 2. The number of nitrogens with zero attached hydrogens (tertiary/aromatic N) is 2. The molecular formula is C24H24Cl2F7N3O3S. The molecule has 0 radical (unpaired) electrons. The predicted molar refractivity (Wildman–Crippen MR) is 136 cm³/mol. The van der Waals surface area contributed by atoms with E-state index in [4.69, 9.17) is 23.2 Å². The molecule has 0 aliphatic carbocycles. The molecule has 3 rings (SSSR count). The number of rotatable bonds is 6. The number of carbonyl (C=O) groups excluding carboxylic acids is 2. The highest BCUT2D eigenvalue weighted by atomic mass is 35.5. The summed E-state index contributed by atoms with van der Waals surface area (Å²) in [7, 11) is 0. The third-order valence-electron chi connectivity index (χ3n) is 6.42. The SMILES string of the molecule is CC(C)(O)CNC(=O)c1nc(C(=O)N2CC[C@@](C)(F)C2)c(-c2ccc(C(C)(C(F)(F)F)C(F)(F)F)c(Cl)c2Cl)s1. The van der Waals surface area contributed by atoms with Gasteiger partial charge in [0.1, 0.15) is 11.4 Å². The van der Waals surface area contributed by atoms with Gasteiger partial charge in [-0.05, 0) is 33.3 Å². The molecule has 1 fully saturated rings. The molecule has 1 aliphatic heterocycles. The summed E-state index contributed by atoms with van der Waals surface area (Å²) < 4.78 is 96.7. The third kappa shape index (κ3) is 6.19. The Morgan fingerprint density at radius 3 is 2.15 bits per heavy atom. The molecule has 222 valence electrons. The smallest absolute Gasteiger partial charge is 0.389 e. The first kappa shape index (κ1) is 32.4. The molecule has 0 spiro atoms. The maximum absolute atomic E-state index is 14.5. The summed E-state index contributed by atoms with van der Waals surface area (Å²) in [5, 5.41) is 10.2. The summed E-state index contributed by atoms with van der Waals surface area (Å²) in [5.74, 6) is -1.66. The van der Waals surface area contributed by atoms with Gasteiger partial charge in [0.25, 0.3) is 11.8 Å². The summed E-state index contributed by atoms with van der Waals surface area (Å²) in [6, 6.07) is 1.33. The first-order valence-electron chi connectivity index (χ1n) is 11.6. The van der Waals surface area contributed by atoms with E-state index in [0.29, 0.717) is 17.4 Å². The van der Waals surface area contributed by atoms with Crippen molar-refractivity contribution in [2.45, 2.75) is 63.2 Å². The molecule has 2 aromatic rings. The molecule has 1 saturated heterocycles. The molecule has 0 saturated carbocycles. The number of hydrogen-bond acceptors (Lipinski definition) is 5. The van der Waals surface area contributed by atoms with Crippen molar-refractivity contribution in [3.05, 3.63) is 38.4 Å². The zero-order valence-corrected chi connectivity index (χ0v) is 23.8. The maximum atomic E-state index is 14.5. The molecule has 1 atom stereocenters. The van der Waals surface area contributed by atoms with Crippen molar-refractivity contribution in [1.82, 2.24) is 15.2 Å². The van der Waals surface area contributed by atoms with Gasteiger partial charge < -0.3 is 15.3 Å². The van der Waals surface area contributed by atoms with Crippen LogP contribution in [-0.4, -0.2) is 70.1 Å². The number of likely N-dealkylation sites (tertiary alicyclic amines) is 1. The van der Waals surface area contributed by atoms with Crippen LogP contribution in [0.4, 0.5) is 30.7 Å². The van der Waals surface area contributed by atoms with E-state index in [1.807, 2.05) is 0 Å². The molecule has 0 unspecified atom stereocenters. The maximum Gasteiger partial charge on any atom is 0.406 e. The van der Waals surface area contributed by atoms with Crippen LogP contribution in [0.5, 0.6) is 0 Å². The minimum atomic E-state index is -5.80. The van der Waals surface area contributed by atoms with Gasteiger partial charge in [0.15, 0.2) is 10.4 Å². The van der Waals surface area contributed by atoms with Crippen molar-refractivity contribution in [2.75, 3.05) is 19.6 Å². The van der Waals surface area contributed by atoms with Crippen molar-refractivity contribution < 1.29 is 45.4 Å². The summed E-state index contributed by atoms with van der Waals surface area (Å²) >= 11 is 12.8. The summed E-state index contributed by atoms with van der Waals surface area (Å²) in [6.07, 6.45) is -11.6. The van der Waals surface area contributed by atoms with Crippen molar-refractivity contribution in [1.29, 1.82) is 0 Å².